The van der Waals surface area contributed by atoms with Crippen molar-refractivity contribution in [2.45, 2.75) is 45.3 Å². The van der Waals surface area contributed by atoms with E-state index in [2.05, 4.69) is 33.2 Å². The minimum absolute atomic E-state index is 0.747. The van der Waals surface area contributed by atoms with Crippen LogP contribution in [0.1, 0.15) is 29.8 Å². The van der Waals surface area contributed by atoms with Crippen LogP contribution in [-0.4, -0.2) is 25.6 Å². The van der Waals surface area contributed by atoms with Gasteiger partial charge in [0.15, 0.2) is 0 Å². The van der Waals surface area contributed by atoms with Crippen molar-refractivity contribution in [1.82, 2.24) is 24.9 Å². The first-order valence-electron chi connectivity index (χ1n) is 6.95. The van der Waals surface area contributed by atoms with E-state index in [1.165, 1.54) is 29.8 Å². The molecule has 0 saturated heterocycles. The molecule has 0 aliphatic heterocycles. The van der Waals surface area contributed by atoms with Crippen molar-refractivity contribution in [1.29, 1.82) is 0 Å². The Morgan fingerprint density at radius 1 is 1.37 bits per heavy atom. The highest BCUT2D eigenvalue weighted by atomic mass is 15.3. The lowest BCUT2D eigenvalue weighted by Crippen LogP contribution is -2.16. The van der Waals surface area contributed by atoms with Crippen molar-refractivity contribution in [2.24, 2.45) is 7.05 Å². The Kier molecular flexibility index (Phi) is 3.38. The summed E-state index contributed by atoms with van der Waals surface area (Å²) >= 11 is 0. The van der Waals surface area contributed by atoms with E-state index in [0.717, 1.165) is 25.6 Å². The lowest BCUT2D eigenvalue weighted by atomic mass is 10.2. The van der Waals surface area contributed by atoms with Crippen LogP contribution in [0.4, 0.5) is 0 Å². The SMILES string of the molecule is Cc1c(CNC2CC2)cnn1CCc1ccnn1C. The topological polar surface area (TPSA) is 47.7 Å². The molecule has 1 saturated carbocycles. The van der Waals surface area contributed by atoms with Gasteiger partial charge >= 0.3 is 0 Å². The second-order valence-electron chi connectivity index (χ2n) is 5.33. The van der Waals surface area contributed by atoms with E-state index in [0.29, 0.717) is 0 Å². The standard InChI is InChI=1S/C14H21N5/c1-11-12(9-15-13-3-4-13)10-17-19(11)8-6-14-5-7-16-18(14)2/h5,7,10,13,15H,3-4,6,8-9H2,1-2H3. The van der Waals surface area contributed by atoms with E-state index in [1.807, 2.05) is 24.1 Å². The fraction of sp³-hybridized carbons (Fsp3) is 0.571. The maximum absolute atomic E-state index is 4.49. The van der Waals surface area contributed by atoms with Gasteiger partial charge in [0.1, 0.15) is 0 Å². The second kappa shape index (κ2) is 5.17. The Morgan fingerprint density at radius 2 is 2.21 bits per heavy atom. The number of nitrogens with zero attached hydrogens (tertiary/aromatic N) is 4. The van der Waals surface area contributed by atoms with Gasteiger partial charge in [-0.15, -0.1) is 0 Å². The molecule has 1 aliphatic carbocycles. The summed E-state index contributed by atoms with van der Waals surface area (Å²) in [5, 5.41) is 12.2. The summed E-state index contributed by atoms with van der Waals surface area (Å²) in [6.45, 7) is 4.01. The number of hydrogen-bond donors (Lipinski definition) is 1. The first-order valence-corrected chi connectivity index (χ1v) is 6.95. The van der Waals surface area contributed by atoms with E-state index in [1.54, 1.807) is 0 Å². The molecular formula is C14H21N5. The molecule has 0 bridgehead atoms. The Morgan fingerprint density at radius 3 is 2.89 bits per heavy atom. The molecule has 0 unspecified atom stereocenters. The molecule has 0 amide bonds. The summed E-state index contributed by atoms with van der Waals surface area (Å²) in [6, 6.07) is 2.81. The van der Waals surface area contributed by atoms with E-state index >= 15 is 0 Å². The molecule has 1 aliphatic rings. The number of hydrogen-bond acceptors (Lipinski definition) is 3. The van der Waals surface area contributed by atoms with Crippen LogP contribution in [0.5, 0.6) is 0 Å². The number of aryl methyl sites for hydroxylation is 3. The zero-order valence-electron chi connectivity index (χ0n) is 11.6. The monoisotopic (exact) mass is 259 g/mol. The van der Waals surface area contributed by atoms with Gasteiger partial charge < -0.3 is 5.32 Å². The van der Waals surface area contributed by atoms with E-state index in [-0.39, 0.29) is 0 Å². The van der Waals surface area contributed by atoms with Crippen LogP contribution >= 0.6 is 0 Å². The third kappa shape index (κ3) is 2.87. The van der Waals surface area contributed by atoms with Gasteiger partial charge in [0, 0.05) is 55.7 Å². The van der Waals surface area contributed by atoms with Crippen LogP contribution in [0, 0.1) is 6.92 Å². The van der Waals surface area contributed by atoms with Gasteiger partial charge in [0.25, 0.3) is 0 Å². The van der Waals surface area contributed by atoms with Crippen LogP contribution in [0.25, 0.3) is 0 Å². The molecule has 2 heterocycles. The average Bonchev–Trinajstić information content (AvgIpc) is 3.05. The van der Waals surface area contributed by atoms with Crippen molar-refractivity contribution in [3.63, 3.8) is 0 Å². The minimum Gasteiger partial charge on any atom is -0.310 e. The summed E-state index contributed by atoms with van der Waals surface area (Å²) in [4.78, 5) is 0. The highest BCUT2D eigenvalue weighted by molar-refractivity contribution is 5.16. The number of rotatable bonds is 6. The Labute approximate surface area is 113 Å². The quantitative estimate of drug-likeness (QED) is 0.853. The lowest BCUT2D eigenvalue weighted by molar-refractivity contribution is 0.571. The first-order chi connectivity index (χ1) is 9.24. The van der Waals surface area contributed by atoms with Crippen molar-refractivity contribution < 1.29 is 0 Å². The van der Waals surface area contributed by atoms with Crippen LogP contribution < -0.4 is 5.32 Å². The Hall–Kier alpha value is -1.62. The van der Waals surface area contributed by atoms with Crippen molar-refractivity contribution in [3.8, 4) is 0 Å². The van der Waals surface area contributed by atoms with Gasteiger partial charge in [-0.25, -0.2) is 0 Å². The largest absolute Gasteiger partial charge is 0.310 e. The van der Waals surface area contributed by atoms with Crippen molar-refractivity contribution in [2.75, 3.05) is 0 Å². The normalized spacial score (nSPS) is 15.1. The van der Waals surface area contributed by atoms with Crippen molar-refractivity contribution in [3.05, 3.63) is 35.4 Å². The minimum atomic E-state index is 0.747. The summed E-state index contributed by atoms with van der Waals surface area (Å²) < 4.78 is 4.02. The van der Waals surface area contributed by atoms with Gasteiger partial charge in [0.05, 0.1) is 6.20 Å². The smallest absolute Gasteiger partial charge is 0.0537 e. The molecule has 5 nitrogen and oxygen atoms in total. The molecule has 0 aromatic carbocycles. The number of nitrogens with one attached hydrogen (secondary N) is 1. The highest BCUT2D eigenvalue weighted by Crippen LogP contribution is 2.19. The van der Waals surface area contributed by atoms with E-state index in [9.17, 15) is 0 Å². The molecule has 102 valence electrons. The molecule has 2 aromatic heterocycles. The fourth-order valence-electron chi connectivity index (χ4n) is 2.29. The summed E-state index contributed by atoms with van der Waals surface area (Å²) in [5.74, 6) is 0. The van der Waals surface area contributed by atoms with E-state index < -0.39 is 0 Å². The zero-order valence-corrected chi connectivity index (χ0v) is 11.6. The second-order valence-corrected chi connectivity index (χ2v) is 5.33. The predicted octanol–water partition coefficient (Wildman–Crippen LogP) is 1.42. The summed E-state index contributed by atoms with van der Waals surface area (Å²) in [5.41, 5.74) is 3.83. The Bertz CT molecular complexity index is 550. The van der Waals surface area contributed by atoms with Crippen LogP contribution in [0.15, 0.2) is 18.5 Å². The maximum Gasteiger partial charge on any atom is 0.0537 e. The third-order valence-electron chi connectivity index (χ3n) is 3.87. The third-order valence-corrected chi connectivity index (χ3v) is 3.87. The molecule has 0 radical (unpaired) electrons. The van der Waals surface area contributed by atoms with Crippen LogP contribution in [0.2, 0.25) is 0 Å². The molecule has 1 N–H and O–H groups in total. The van der Waals surface area contributed by atoms with Crippen LogP contribution in [0.3, 0.4) is 0 Å². The zero-order chi connectivity index (χ0) is 13.2. The first kappa shape index (κ1) is 12.4. The molecule has 5 heteroatoms. The molecule has 1 fully saturated rings. The molecular weight excluding hydrogens is 238 g/mol. The van der Waals surface area contributed by atoms with E-state index in [4.69, 9.17) is 0 Å². The molecule has 2 aromatic rings. The molecule has 0 spiro atoms. The number of aromatic nitrogens is 4. The fourth-order valence-corrected chi connectivity index (χ4v) is 2.29. The van der Waals surface area contributed by atoms with Gasteiger partial charge in [-0.2, -0.15) is 10.2 Å². The average molecular weight is 259 g/mol. The van der Waals surface area contributed by atoms with Crippen LogP contribution in [-0.2, 0) is 26.6 Å². The molecule has 0 atom stereocenters. The van der Waals surface area contributed by atoms with Gasteiger partial charge in [-0.3, -0.25) is 9.36 Å². The van der Waals surface area contributed by atoms with Gasteiger partial charge in [-0.05, 0) is 25.8 Å². The summed E-state index contributed by atoms with van der Waals surface area (Å²) in [7, 11) is 1.98. The molecule has 19 heavy (non-hydrogen) atoms. The maximum atomic E-state index is 4.49. The molecule has 3 rings (SSSR count). The highest BCUT2D eigenvalue weighted by Gasteiger charge is 2.20. The van der Waals surface area contributed by atoms with Crippen molar-refractivity contribution >= 4 is 0 Å². The van der Waals surface area contributed by atoms with Gasteiger partial charge in [-0.1, -0.05) is 0 Å². The summed E-state index contributed by atoms with van der Waals surface area (Å²) in [6.07, 6.45) is 7.46. The lowest BCUT2D eigenvalue weighted by Gasteiger charge is -2.06. The van der Waals surface area contributed by atoms with Gasteiger partial charge in [0.2, 0.25) is 0 Å². The Balaban J connectivity index is 1.59. The predicted molar refractivity (Wildman–Crippen MR) is 73.7 cm³/mol.